The molecule has 3 heterocycles. The molecule has 1 atom stereocenters. The van der Waals surface area contributed by atoms with E-state index in [0.717, 1.165) is 30.1 Å². The Labute approximate surface area is 118 Å². The molecule has 1 aliphatic heterocycles. The van der Waals surface area contributed by atoms with Gasteiger partial charge in [-0.3, -0.25) is 5.10 Å². The minimum absolute atomic E-state index is 0. The van der Waals surface area contributed by atoms with Gasteiger partial charge in [-0.1, -0.05) is 5.16 Å². The number of H-pyrrole nitrogens is 1. The molecule has 1 unspecified atom stereocenters. The van der Waals surface area contributed by atoms with Crippen LogP contribution in [0.4, 0.5) is 0 Å². The van der Waals surface area contributed by atoms with Gasteiger partial charge < -0.3 is 9.84 Å². The van der Waals surface area contributed by atoms with Crippen molar-refractivity contribution in [2.75, 3.05) is 13.1 Å². The van der Waals surface area contributed by atoms with Gasteiger partial charge in [0, 0.05) is 18.5 Å². The van der Waals surface area contributed by atoms with Crippen LogP contribution in [-0.4, -0.2) is 28.4 Å². The number of aromatic amines is 1. The highest BCUT2D eigenvalue weighted by atomic mass is 35.5. The van der Waals surface area contributed by atoms with Crippen LogP contribution < -0.4 is 5.32 Å². The highest BCUT2D eigenvalue weighted by Crippen LogP contribution is 2.30. The van der Waals surface area contributed by atoms with Crippen LogP contribution >= 0.6 is 24.8 Å². The third-order valence-electron chi connectivity index (χ3n) is 3.08. The summed E-state index contributed by atoms with van der Waals surface area (Å²) in [5.41, 5.74) is 2.19. The second kappa shape index (κ2) is 6.78. The maximum Gasteiger partial charge on any atom is 0.170 e. The summed E-state index contributed by atoms with van der Waals surface area (Å²) < 4.78 is 5.18. The topological polar surface area (TPSA) is 66.7 Å². The minimum atomic E-state index is 0. The molecule has 2 N–H and O–H groups in total. The van der Waals surface area contributed by atoms with Gasteiger partial charge >= 0.3 is 0 Å². The molecule has 1 fully saturated rings. The van der Waals surface area contributed by atoms with Crippen molar-refractivity contribution >= 4 is 24.8 Å². The van der Waals surface area contributed by atoms with Crippen molar-refractivity contribution in [1.29, 1.82) is 0 Å². The first kappa shape index (κ1) is 15.0. The molecule has 100 valence electrons. The van der Waals surface area contributed by atoms with Crippen LogP contribution in [0.15, 0.2) is 23.0 Å². The molecule has 0 aliphatic carbocycles. The van der Waals surface area contributed by atoms with E-state index in [1.54, 1.807) is 6.20 Å². The molecular weight excluding hydrogens is 275 g/mol. The van der Waals surface area contributed by atoms with Gasteiger partial charge in [-0.25, -0.2) is 0 Å². The van der Waals surface area contributed by atoms with Crippen LogP contribution in [0.1, 0.15) is 24.5 Å². The van der Waals surface area contributed by atoms with E-state index in [0.29, 0.717) is 5.92 Å². The predicted molar refractivity (Wildman–Crippen MR) is 73.4 cm³/mol. The summed E-state index contributed by atoms with van der Waals surface area (Å²) in [7, 11) is 0. The zero-order valence-electron chi connectivity index (χ0n) is 9.76. The maximum atomic E-state index is 5.18. The molecular formula is C11H16Cl2N4O. The van der Waals surface area contributed by atoms with Crippen molar-refractivity contribution in [3.05, 3.63) is 24.2 Å². The van der Waals surface area contributed by atoms with Crippen molar-refractivity contribution < 1.29 is 4.52 Å². The average Bonchev–Trinajstić information content (AvgIpc) is 3.01. The average molecular weight is 291 g/mol. The fourth-order valence-electron chi connectivity index (χ4n) is 2.26. The number of piperidine rings is 1. The first-order chi connectivity index (χ1) is 7.95. The lowest BCUT2D eigenvalue weighted by atomic mass is 9.93. The van der Waals surface area contributed by atoms with E-state index in [-0.39, 0.29) is 24.8 Å². The predicted octanol–water partition coefficient (Wildman–Crippen LogP) is 2.38. The number of nitrogens with zero attached hydrogens (tertiary/aromatic N) is 2. The molecule has 3 rings (SSSR count). The number of aromatic nitrogens is 3. The van der Waals surface area contributed by atoms with Crippen molar-refractivity contribution in [2.24, 2.45) is 0 Å². The Balaban J connectivity index is 0.000000810. The lowest BCUT2D eigenvalue weighted by Gasteiger charge is -2.22. The van der Waals surface area contributed by atoms with Gasteiger partial charge in [0.25, 0.3) is 0 Å². The van der Waals surface area contributed by atoms with E-state index in [9.17, 15) is 0 Å². The van der Waals surface area contributed by atoms with Crippen LogP contribution in [-0.2, 0) is 0 Å². The molecule has 0 saturated carbocycles. The lowest BCUT2D eigenvalue weighted by Crippen LogP contribution is -2.28. The largest absolute Gasteiger partial charge is 0.356 e. The number of rotatable bonds is 2. The zero-order chi connectivity index (χ0) is 10.8. The van der Waals surface area contributed by atoms with Gasteiger partial charge in [0.2, 0.25) is 0 Å². The molecule has 0 amide bonds. The molecule has 0 aromatic carbocycles. The number of halogens is 2. The summed E-state index contributed by atoms with van der Waals surface area (Å²) in [6.45, 7) is 2.12. The van der Waals surface area contributed by atoms with Gasteiger partial charge in [0.05, 0.1) is 23.7 Å². The molecule has 5 nitrogen and oxygen atoms in total. The summed E-state index contributed by atoms with van der Waals surface area (Å²) in [4.78, 5) is 0. The lowest BCUT2D eigenvalue weighted by molar-refractivity contribution is 0.428. The highest BCUT2D eigenvalue weighted by molar-refractivity contribution is 5.85. The van der Waals surface area contributed by atoms with E-state index in [4.69, 9.17) is 4.52 Å². The normalized spacial score (nSPS) is 18.8. The van der Waals surface area contributed by atoms with E-state index in [1.165, 1.54) is 12.8 Å². The second-order valence-corrected chi connectivity index (χ2v) is 4.12. The zero-order valence-corrected chi connectivity index (χ0v) is 11.4. The Hall–Kier alpha value is -1.04. The number of hydrogen-bond donors (Lipinski definition) is 2. The Bertz CT molecular complexity index is 451. The van der Waals surface area contributed by atoms with E-state index >= 15 is 0 Å². The maximum absolute atomic E-state index is 5.18. The Morgan fingerprint density at radius 2 is 2.22 bits per heavy atom. The summed E-state index contributed by atoms with van der Waals surface area (Å²) in [5, 5.41) is 14.3. The Morgan fingerprint density at radius 1 is 1.33 bits per heavy atom. The van der Waals surface area contributed by atoms with Crippen LogP contribution in [0.5, 0.6) is 0 Å². The van der Waals surface area contributed by atoms with Crippen molar-refractivity contribution in [1.82, 2.24) is 20.7 Å². The molecule has 18 heavy (non-hydrogen) atoms. The first-order valence-electron chi connectivity index (χ1n) is 5.60. The third-order valence-corrected chi connectivity index (χ3v) is 3.08. The van der Waals surface area contributed by atoms with Crippen LogP contribution in [0.3, 0.4) is 0 Å². The third kappa shape index (κ3) is 2.85. The Kier molecular flexibility index (Phi) is 5.65. The molecule has 7 heteroatoms. The monoisotopic (exact) mass is 290 g/mol. The molecule has 0 spiro atoms. The smallest absolute Gasteiger partial charge is 0.170 e. The first-order valence-corrected chi connectivity index (χ1v) is 5.60. The van der Waals surface area contributed by atoms with Crippen molar-refractivity contribution in [3.63, 3.8) is 0 Å². The molecule has 2 aromatic rings. The SMILES string of the molecule is Cl.Cl.c1cc(-c2cn[nH]c2C2CCCNC2)on1. The summed E-state index contributed by atoms with van der Waals surface area (Å²) in [6.07, 6.45) is 5.87. The fraction of sp³-hybridized carbons (Fsp3) is 0.455. The van der Waals surface area contributed by atoms with Gasteiger partial charge in [-0.05, 0) is 19.4 Å². The van der Waals surface area contributed by atoms with Gasteiger partial charge in [0.1, 0.15) is 0 Å². The summed E-state index contributed by atoms with van der Waals surface area (Å²) in [5.74, 6) is 1.28. The fourth-order valence-corrected chi connectivity index (χ4v) is 2.26. The quantitative estimate of drug-likeness (QED) is 0.891. The van der Waals surface area contributed by atoms with Crippen LogP contribution in [0, 0.1) is 0 Å². The van der Waals surface area contributed by atoms with Crippen LogP contribution in [0.2, 0.25) is 0 Å². The molecule has 0 radical (unpaired) electrons. The number of hydrogen-bond acceptors (Lipinski definition) is 4. The van der Waals surface area contributed by atoms with Crippen molar-refractivity contribution in [3.8, 4) is 11.3 Å². The number of nitrogens with one attached hydrogen (secondary N) is 2. The molecule has 1 aliphatic rings. The van der Waals surface area contributed by atoms with E-state index in [1.807, 2.05) is 12.3 Å². The summed E-state index contributed by atoms with van der Waals surface area (Å²) >= 11 is 0. The molecule has 0 bridgehead atoms. The van der Waals surface area contributed by atoms with E-state index < -0.39 is 0 Å². The van der Waals surface area contributed by atoms with Gasteiger partial charge in [-0.2, -0.15) is 5.10 Å². The summed E-state index contributed by atoms with van der Waals surface area (Å²) in [6, 6.07) is 1.87. The standard InChI is InChI=1S/C11H14N4O.2ClH/c1-2-8(6-12-4-1)11-9(7-13-15-11)10-3-5-14-16-10;;/h3,5,7-8,12H,1-2,4,6H2,(H,13,15);2*1H. The highest BCUT2D eigenvalue weighted by Gasteiger charge is 2.21. The van der Waals surface area contributed by atoms with Crippen LogP contribution in [0.25, 0.3) is 11.3 Å². The molecule has 1 saturated heterocycles. The molecule has 2 aromatic heterocycles. The second-order valence-electron chi connectivity index (χ2n) is 4.12. The van der Waals surface area contributed by atoms with E-state index in [2.05, 4.69) is 20.7 Å². The Morgan fingerprint density at radius 3 is 2.89 bits per heavy atom. The van der Waals surface area contributed by atoms with Gasteiger partial charge in [-0.15, -0.1) is 24.8 Å². The van der Waals surface area contributed by atoms with Gasteiger partial charge in [0.15, 0.2) is 5.76 Å². The minimum Gasteiger partial charge on any atom is -0.356 e. The van der Waals surface area contributed by atoms with Crippen molar-refractivity contribution in [2.45, 2.75) is 18.8 Å².